The Morgan fingerprint density at radius 2 is 2.37 bits per heavy atom. The van der Waals surface area contributed by atoms with Gasteiger partial charge in [0.05, 0.1) is 7.11 Å². The van der Waals surface area contributed by atoms with Crippen molar-refractivity contribution in [2.45, 2.75) is 25.8 Å². The van der Waals surface area contributed by atoms with E-state index in [0.29, 0.717) is 6.04 Å². The minimum absolute atomic E-state index is 0.301. The molecule has 0 saturated heterocycles. The Labute approximate surface area is 118 Å². The van der Waals surface area contributed by atoms with Gasteiger partial charge in [0.1, 0.15) is 11.6 Å². The molecule has 5 heteroatoms. The van der Waals surface area contributed by atoms with Gasteiger partial charge in [0.15, 0.2) is 0 Å². The van der Waals surface area contributed by atoms with Gasteiger partial charge < -0.3 is 14.6 Å². The largest absolute Gasteiger partial charge is 0.496 e. The number of hydrogen-bond acceptors (Lipinski definition) is 4. The van der Waals surface area contributed by atoms with Gasteiger partial charge >= 0.3 is 0 Å². The van der Waals surface area contributed by atoms with Gasteiger partial charge in [0.25, 0.3) is 0 Å². The van der Waals surface area contributed by atoms with Crippen molar-refractivity contribution in [1.82, 2.24) is 14.9 Å². The molecule has 1 N–H and O–H groups in total. The number of methoxy groups -OCH3 is 1. The maximum atomic E-state index is 5.27. The van der Waals surface area contributed by atoms with E-state index in [0.717, 1.165) is 31.0 Å². The maximum absolute atomic E-state index is 5.27. The Hall–Kier alpha value is -1.33. The number of thiophene rings is 1. The normalized spacial score (nSPS) is 12.6. The molecule has 0 saturated carbocycles. The Morgan fingerprint density at radius 3 is 2.95 bits per heavy atom. The molecule has 0 bridgehead atoms. The fourth-order valence-corrected chi connectivity index (χ4v) is 2.92. The second kappa shape index (κ2) is 6.73. The number of nitrogens with zero attached hydrogens (tertiary/aromatic N) is 2. The molecule has 2 aromatic heterocycles. The summed E-state index contributed by atoms with van der Waals surface area (Å²) >= 11 is 1.74. The van der Waals surface area contributed by atoms with E-state index in [1.54, 1.807) is 18.4 Å². The second-order valence-electron chi connectivity index (χ2n) is 4.55. The predicted molar refractivity (Wildman–Crippen MR) is 78.8 cm³/mol. The van der Waals surface area contributed by atoms with Crippen molar-refractivity contribution in [3.8, 4) is 5.75 Å². The van der Waals surface area contributed by atoms with Crippen molar-refractivity contribution in [2.75, 3.05) is 13.7 Å². The molecule has 2 aromatic rings. The third kappa shape index (κ3) is 3.58. The molecule has 0 aromatic carbocycles. The zero-order valence-corrected chi connectivity index (χ0v) is 12.5. The fraction of sp³-hybridized carbons (Fsp3) is 0.500. The van der Waals surface area contributed by atoms with Crippen LogP contribution >= 0.6 is 11.3 Å². The minimum atomic E-state index is 0.301. The van der Waals surface area contributed by atoms with E-state index in [2.05, 4.69) is 27.9 Å². The fourth-order valence-electron chi connectivity index (χ4n) is 1.99. The molecule has 0 spiro atoms. The first kappa shape index (κ1) is 14.1. The van der Waals surface area contributed by atoms with Gasteiger partial charge in [-0.1, -0.05) is 6.92 Å². The molecular weight excluding hydrogens is 258 g/mol. The molecule has 0 amide bonds. The van der Waals surface area contributed by atoms with E-state index in [-0.39, 0.29) is 0 Å². The van der Waals surface area contributed by atoms with Gasteiger partial charge in [-0.05, 0) is 19.0 Å². The van der Waals surface area contributed by atoms with E-state index < -0.39 is 0 Å². The van der Waals surface area contributed by atoms with Gasteiger partial charge in [-0.25, -0.2) is 4.98 Å². The Morgan fingerprint density at radius 1 is 1.53 bits per heavy atom. The van der Waals surface area contributed by atoms with Crippen LogP contribution in [-0.4, -0.2) is 23.2 Å². The first-order chi connectivity index (χ1) is 9.24. The molecular formula is C14H21N3OS. The molecule has 0 aliphatic carbocycles. The van der Waals surface area contributed by atoms with E-state index in [9.17, 15) is 0 Å². The van der Waals surface area contributed by atoms with E-state index in [4.69, 9.17) is 4.74 Å². The van der Waals surface area contributed by atoms with Crippen molar-refractivity contribution >= 4 is 11.3 Å². The third-order valence-electron chi connectivity index (χ3n) is 3.12. The van der Waals surface area contributed by atoms with Crippen LogP contribution in [0.15, 0.2) is 23.8 Å². The molecule has 1 atom stereocenters. The zero-order chi connectivity index (χ0) is 13.7. The molecule has 0 aliphatic rings. The Balaban J connectivity index is 2.13. The van der Waals surface area contributed by atoms with Crippen molar-refractivity contribution in [2.24, 2.45) is 7.05 Å². The van der Waals surface area contributed by atoms with Gasteiger partial charge in [-0.2, -0.15) is 0 Å². The predicted octanol–water partition coefficient (Wildman–Crippen LogP) is 2.77. The van der Waals surface area contributed by atoms with Crippen LogP contribution in [0, 0.1) is 0 Å². The molecule has 2 heterocycles. The van der Waals surface area contributed by atoms with Gasteiger partial charge in [0.2, 0.25) is 0 Å². The van der Waals surface area contributed by atoms with Crippen LogP contribution in [0.2, 0.25) is 0 Å². The topological polar surface area (TPSA) is 39.1 Å². The number of aromatic nitrogens is 2. The second-order valence-corrected chi connectivity index (χ2v) is 5.50. The summed E-state index contributed by atoms with van der Waals surface area (Å²) in [6, 6.07) is 2.41. The lowest BCUT2D eigenvalue weighted by Crippen LogP contribution is -2.24. The summed E-state index contributed by atoms with van der Waals surface area (Å²) < 4.78 is 7.35. The molecule has 0 aliphatic heterocycles. The lowest BCUT2D eigenvalue weighted by molar-refractivity contribution is 0.415. The van der Waals surface area contributed by atoms with Crippen LogP contribution < -0.4 is 10.1 Å². The molecule has 1 unspecified atom stereocenters. The number of nitrogens with one attached hydrogen (secondary N) is 1. The number of hydrogen-bond donors (Lipinski definition) is 1. The average molecular weight is 279 g/mol. The molecule has 4 nitrogen and oxygen atoms in total. The van der Waals surface area contributed by atoms with Crippen molar-refractivity contribution in [1.29, 1.82) is 0 Å². The highest BCUT2D eigenvalue weighted by Gasteiger charge is 2.16. The summed E-state index contributed by atoms with van der Waals surface area (Å²) in [6.07, 6.45) is 5.86. The first-order valence-corrected chi connectivity index (χ1v) is 7.44. The van der Waals surface area contributed by atoms with Gasteiger partial charge in [-0.3, -0.25) is 0 Å². The quantitative estimate of drug-likeness (QED) is 0.847. The van der Waals surface area contributed by atoms with Crippen molar-refractivity contribution < 1.29 is 4.74 Å². The molecule has 0 fully saturated rings. The maximum Gasteiger partial charge on any atom is 0.129 e. The van der Waals surface area contributed by atoms with Crippen LogP contribution in [0.25, 0.3) is 0 Å². The summed E-state index contributed by atoms with van der Waals surface area (Å²) in [5.41, 5.74) is 0. The lowest BCUT2D eigenvalue weighted by atomic mass is 10.1. The highest BCUT2D eigenvalue weighted by atomic mass is 32.1. The highest BCUT2D eigenvalue weighted by molar-refractivity contribution is 7.10. The molecule has 0 radical (unpaired) electrons. The highest BCUT2D eigenvalue weighted by Crippen LogP contribution is 2.28. The Kier molecular flexibility index (Phi) is 4.99. The van der Waals surface area contributed by atoms with Gasteiger partial charge in [0, 0.05) is 42.2 Å². The first-order valence-electron chi connectivity index (χ1n) is 6.56. The molecule has 2 rings (SSSR count). The number of aryl methyl sites for hydroxylation is 1. The summed E-state index contributed by atoms with van der Waals surface area (Å²) in [6.45, 7) is 3.19. The average Bonchev–Trinajstić information content (AvgIpc) is 3.04. The number of imidazole rings is 1. The van der Waals surface area contributed by atoms with Crippen LogP contribution in [0.4, 0.5) is 0 Å². The minimum Gasteiger partial charge on any atom is -0.496 e. The van der Waals surface area contributed by atoms with Crippen LogP contribution in [-0.2, 0) is 13.5 Å². The molecule has 19 heavy (non-hydrogen) atoms. The Bertz CT molecular complexity index is 506. The van der Waals surface area contributed by atoms with Gasteiger partial charge in [-0.15, -0.1) is 11.3 Å². The van der Waals surface area contributed by atoms with E-state index >= 15 is 0 Å². The smallest absolute Gasteiger partial charge is 0.129 e. The summed E-state index contributed by atoms with van der Waals surface area (Å²) in [7, 11) is 3.74. The summed E-state index contributed by atoms with van der Waals surface area (Å²) in [5, 5.41) is 5.64. The lowest BCUT2D eigenvalue weighted by Gasteiger charge is -2.16. The summed E-state index contributed by atoms with van der Waals surface area (Å²) in [4.78, 5) is 5.71. The monoisotopic (exact) mass is 279 g/mol. The third-order valence-corrected chi connectivity index (χ3v) is 4.15. The number of rotatable bonds is 7. The number of ether oxygens (including phenoxy) is 1. The standard InChI is InChI=1S/C14H21N3OS/c1-4-5-15-12(9-14-16-6-7-17(14)2)13-8-11(18-3)10-19-13/h6-8,10,12,15H,4-5,9H2,1-3H3. The van der Waals surface area contributed by atoms with E-state index in [1.165, 1.54) is 4.88 Å². The van der Waals surface area contributed by atoms with Crippen LogP contribution in [0.5, 0.6) is 5.75 Å². The molecule has 104 valence electrons. The van der Waals surface area contributed by atoms with Crippen molar-refractivity contribution in [3.05, 3.63) is 34.5 Å². The SMILES string of the molecule is CCCNC(Cc1nccn1C)c1cc(OC)cs1. The van der Waals surface area contributed by atoms with E-state index in [1.807, 2.05) is 24.8 Å². The van der Waals surface area contributed by atoms with Crippen LogP contribution in [0.3, 0.4) is 0 Å². The van der Waals surface area contributed by atoms with Crippen LogP contribution in [0.1, 0.15) is 30.1 Å². The summed E-state index contributed by atoms with van der Waals surface area (Å²) in [5.74, 6) is 2.03. The van der Waals surface area contributed by atoms with Crippen molar-refractivity contribution in [3.63, 3.8) is 0 Å². The zero-order valence-electron chi connectivity index (χ0n) is 11.7.